The van der Waals surface area contributed by atoms with Crippen molar-refractivity contribution in [3.63, 3.8) is 0 Å². The first-order chi connectivity index (χ1) is 8.26. The standard InChI is InChI=1S/C14H22ClNO/c1-3-9-16-14(11-17-4-2)10-12-5-7-13(15)8-6-12/h5-8,14,16H,3-4,9-11H2,1-2H3. The molecule has 1 atom stereocenters. The van der Waals surface area contributed by atoms with E-state index in [9.17, 15) is 0 Å². The molecule has 0 saturated carbocycles. The molecule has 0 saturated heterocycles. The molecule has 17 heavy (non-hydrogen) atoms. The van der Waals surface area contributed by atoms with Gasteiger partial charge < -0.3 is 10.1 Å². The Labute approximate surface area is 109 Å². The van der Waals surface area contributed by atoms with E-state index in [0.717, 1.165) is 37.6 Å². The van der Waals surface area contributed by atoms with Gasteiger partial charge in [0.25, 0.3) is 0 Å². The summed E-state index contributed by atoms with van der Waals surface area (Å²) in [6, 6.07) is 8.42. The highest BCUT2D eigenvalue weighted by atomic mass is 35.5. The molecule has 1 aromatic rings. The van der Waals surface area contributed by atoms with Gasteiger partial charge in [-0.05, 0) is 44.0 Å². The van der Waals surface area contributed by atoms with Crippen molar-refractivity contribution >= 4 is 11.6 Å². The quantitative estimate of drug-likeness (QED) is 0.770. The Hall–Kier alpha value is -0.570. The van der Waals surface area contributed by atoms with Crippen molar-refractivity contribution in [3.8, 4) is 0 Å². The van der Waals surface area contributed by atoms with Crippen LogP contribution in [0, 0.1) is 0 Å². The van der Waals surface area contributed by atoms with Crippen molar-refractivity contribution < 1.29 is 4.74 Å². The third-order valence-electron chi connectivity index (χ3n) is 2.60. The molecule has 3 heteroatoms. The minimum absolute atomic E-state index is 0.385. The van der Waals surface area contributed by atoms with Crippen LogP contribution in [0.1, 0.15) is 25.8 Å². The van der Waals surface area contributed by atoms with Crippen LogP contribution in [-0.2, 0) is 11.2 Å². The van der Waals surface area contributed by atoms with E-state index in [1.807, 2.05) is 19.1 Å². The Bertz CT molecular complexity index is 292. The number of benzene rings is 1. The van der Waals surface area contributed by atoms with Crippen LogP contribution in [0.3, 0.4) is 0 Å². The van der Waals surface area contributed by atoms with Crippen LogP contribution in [0.15, 0.2) is 24.3 Å². The second-order valence-electron chi connectivity index (χ2n) is 4.14. The number of nitrogens with one attached hydrogen (secondary N) is 1. The van der Waals surface area contributed by atoms with Gasteiger partial charge in [0.05, 0.1) is 6.61 Å². The first-order valence-corrected chi connectivity index (χ1v) is 6.69. The Balaban J connectivity index is 2.48. The van der Waals surface area contributed by atoms with Crippen molar-refractivity contribution in [2.24, 2.45) is 0 Å². The zero-order valence-electron chi connectivity index (χ0n) is 10.7. The van der Waals surface area contributed by atoms with E-state index < -0.39 is 0 Å². The Kier molecular flexibility index (Phi) is 7.25. The van der Waals surface area contributed by atoms with Crippen molar-refractivity contribution in [3.05, 3.63) is 34.9 Å². The lowest BCUT2D eigenvalue weighted by Crippen LogP contribution is -2.36. The predicted molar refractivity (Wildman–Crippen MR) is 73.7 cm³/mol. The SMILES string of the molecule is CCCNC(COCC)Cc1ccc(Cl)cc1. The van der Waals surface area contributed by atoms with Gasteiger partial charge in [-0.1, -0.05) is 30.7 Å². The predicted octanol–water partition coefficient (Wildman–Crippen LogP) is 3.29. The highest BCUT2D eigenvalue weighted by Gasteiger charge is 2.08. The van der Waals surface area contributed by atoms with Crippen LogP contribution in [0.4, 0.5) is 0 Å². The van der Waals surface area contributed by atoms with E-state index >= 15 is 0 Å². The summed E-state index contributed by atoms with van der Waals surface area (Å²) in [6.45, 7) is 6.77. The number of hydrogen-bond acceptors (Lipinski definition) is 2. The molecule has 0 aliphatic rings. The van der Waals surface area contributed by atoms with Crippen LogP contribution in [-0.4, -0.2) is 25.8 Å². The largest absolute Gasteiger partial charge is 0.380 e. The van der Waals surface area contributed by atoms with Gasteiger partial charge in [-0.15, -0.1) is 0 Å². The van der Waals surface area contributed by atoms with Crippen molar-refractivity contribution in [2.45, 2.75) is 32.7 Å². The van der Waals surface area contributed by atoms with Gasteiger partial charge in [0.15, 0.2) is 0 Å². The normalized spacial score (nSPS) is 12.6. The van der Waals surface area contributed by atoms with Gasteiger partial charge in [-0.2, -0.15) is 0 Å². The van der Waals surface area contributed by atoms with Gasteiger partial charge in [0.1, 0.15) is 0 Å². The molecule has 0 aliphatic carbocycles. The highest BCUT2D eigenvalue weighted by molar-refractivity contribution is 6.30. The minimum atomic E-state index is 0.385. The molecule has 0 heterocycles. The van der Waals surface area contributed by atoms with Crippen molar-refractivity contribution in [1.82, 2.24) is 5.32 Å². The topological polar surface area (TPSA) is 21.3 Å². The summed E-state index contributed by atoms with van der Waals surface area (Å²) in [4.78, 5) is 0. The molecule has 1 rings (SSSR count). The molecule has 1 N–H and O–H groups in total. The van der Waals surface area contributed by atoms with E-state index in [4.69, 9.17) is 16.3 Å². The van der Waals surface area contributed by atoms with Crippen molar-refractivity contribution in [2.75, 3.05) is 19.8 Å². The summed E-state index contributed by atoms with van der Waals surface area (Å²) in [6.07, 6.45) is 2.13. The summed E-state index contributed by atoms with van der Waals surface area (Å²) >= 11 is 5.88. The van der Waals surface area contributed by atoms with E-state index in [1.165, 1.54) is 5.56 Å². The summed E-state index contributed by atoms with van der Waals surface area (Å²) in [5, 5.41) is 4.30. The zero-order chi connectivity index (χ0) is 12.5. The molecule has 0 fully saturated rings. The highest BCUT2D eigenvalue weighted by Crippen LogP contribution is 2.11. The average Bonchev–Trinajstić information content (AvgIpc) is 2.35. The molecule has 0 aromatic heterocycles. The molecule has 0 aliphatic heterocycles. The Morgan fingerprint density at radius 1 is 1.24 bits per heavy atom. The van der Waals surface area contributed by atoms with Gasteiger partial charge in [0, 0.05) is 17.7 Å². The molecule has 0 amide bonds. The van der Waals surface area contributed by atoms with Crippen molar-refractivity contribution in [1.29, 1.82) is 0 Å². The lowest BCUT2D eigenvalue weighted by atomic mass is 10.1. The fraction of sp³-hybridized carbons (Fsp3) is 0.571. The molecular formula is C14H22ClNO. The lowest BCUT2D eigenvalue weighted by molar-refractivity contribution is 0.122. The molecule has 2 nitrogen and oxygen atoms in total. The molecule has 0 spiro atoms. The van der Waals surface area contributed by atoms with Gasteiger partial charge in [0.2, 0.25) is 0 Å². The first kappa shape index (κ1) is 14.5. The molecule has 1 aromatic carbocycles. The Morgan fingerprint density at radius 3 is 2.53 bits per heavy atom. The van der Waals surface area contributed by atoms with Crippen LogP contribution >= 0.6 is 11.6 Å². The monoisotopic (exact) mass is 255 g/mol. The zero-order valence-corrected chi connectivity index (χ0v) is 11.5. The van der Waals surface area contributed by atoms with E-state index in [2.05, 4.69) is 24.4 Å². The van der Waals surface area contributed by atoms with Crippen LogP contribution in [0.2, 0.25) is 5.02 Å². The van der Waals surface area contributed by atoms with E-state index in [-0.39, 0.29) is 0 Å². The Morgan fingerprint density at radius 2 is 1.94 bits per heavy atom. The maximum absolute atomic E-state index is 5.88. The molecule has 0 radical (unpaired) electrons. The maximum atomic E-state index is 5.88. The van der Waals surface area contributed by atoms with E-state index in [0.29, 0.717) is 6.04 Å². The van der Waals surface area contributed by atoms with Crippen LogP contribution < -0.4 is 5.32 Å². The number of halogens is 1. The minimum Gasteiger partial charge on any atom is -0.380 e. The molecule has 0 bridgehead atoms. The molecular weight excluding hydrogens is 234 g/mol. The number of ether oxygens (including phenoxy) is 1. The fourth-order valence-corrected chi connectivity index (χ4v) is 1.83. The molecule has 96 valence electrons. The third-order valence-corrected chi connectivity index (χ3v) is 2.85. The smallest absolute Gasteiger partial charge is 0.0622 e. The van der Waals surface area contributed by atoms with E-state index in [1.54, 1.807) is 0 Å². The van der Waals surface area contributed by atoms with Gasteiger partial charge in [-0.25, -0.2) is 0 Å². The average molecular weight is 256 g/mol. The maximum Gasteiger partial charge on any atom is 0.0622 e. The van der Waals surface area contributed by atoms with Gasteiger partial charge >= 0.3 is 0 Å². The van der Waals surface area contributed by atoms with Crippen LogP contribution in [0.5, 0.6) is 0 Å². The van der Waals surface area contributed by atoms with Crippen LogP contribution in [0.25, 0.3) is 0 Å². The number of rotatable bonds is 8. The summed E-state index contributed by atoms with van der Waals surface area (Å²) in [5.41, 5.74) is 1.29. The second-order valence-corrected chi connectivity index (χ2v) is 4.58. The lowest BCUT2D eigenvalue weighted by Gasteiger charge is -2.18. The summed E-state index contributed by atoms with van der Waals surface area (Å²) in [5.74, 6) is 0. The summed E-state index contributed by atoms with van der Waals surface area (Å²) in [7, 11) is 0. The van der Waals surface area contributed by atoms with Gasteiger partial charge in [-0.3, -0.25) is 0 Å². The fourth-order valence-electron chi connectivity index (χ4n) is 1.70. The number of hydrogen-bond donors (Lipinski definition) is 1. The third kappa shape index (κ3) is 6.06. The summed E-state index contributed by atoms with van der Waals surface area (Å²) < 4.78 is 5.50. The first-order valence-electron chi connectivity index (χ1n) is 6.31. The molecule has 1 unspecified atom stereocenters. The second kappa shape index (κ2) is 8.51.